The number of rotatable bonds is 3. The van der Waals surface area contributed by atoms with Crippen molar-refractivity contribution in [2.75, 3.05) is 0 Å². The van der Waals surface area contributed by atoms with Crippen LogP contribution in [0.2, 0.25) is 5.02 Å². The molecule has 0 unspecified atom stereocenters. The molecule has 0 saturated carbocycles. The average Bonchev–Trinajstić information content (AvgIpc) is 2.11. The maximum atomic E-state index is 12.3. The lowest BCUT2D eigenvalue weighted by Gasteiger charge is -2.06. The Morgan fingerprint density at radius 2 is 2.27 bits per heavy atom. The fourth-order valence-electron chi connectivity index (χ4n) is 0.940. The number of carboxylic acids is 1. The van der Waals surface area contributed by atoms with E-state index in [9.17, 15) is 13.6 Å². The molecule has 1 aromatic heterocycles. The second kappa shape index (κ2) is 4.85. The van der Waals surface area contributed by atoms with Crippen LogP contribution in [0.1, 0.15) is 17.8 Å². The molecule has 0 radical (unpaired) electrons. The van der Waals surface area contributed by atoms with Gasteiger partial charge in [0.25, 0.3) is 6.43 Å². The van der Waals surface area contributed by atoms with Gasteiger partial charge in [-0.05, 0) is 22.0 Å². The fraction of sp³-hybridized carbons (Fsp3) is 0.250. The highest BCUT2D eigenvalue weighted by atomic mass is 79.9. The topological polar surface area (TPSA) is 50.2 Å². The average molecular weight is 300 g/mol. The summed E-state index contributed by atoms with van der Waals surface area (Å²) in [6, 6.07) is 1.00. The molecule has 82 valence electrons. The van der Waals surface area contributed by atoms with E-state index in [1.54, 1.807) is 0 Å². The van der Waals surface area contributed by atoms with Gasteiger partial charge in [0.05, 0.1) is 21.6 Å². The van der Waals surface area contributed by atoms with Crippen molar-refractivity contribution in [1.82, 2.24) is 4.98 Å². The van der Waals surface area contributed by atoms with Gasteiger partial charge < -0.3 is 5.11 Å². The molecular weight excluding hydrogens is 295 g/mol. The van der Waals surface area contributed by atoms with Crippen LogP contribution in [0.15, 0.2) is 10.5 Å². The van der Waals surface area contributed by atoms with Crippen molar-refractivity contribution in [3.05, 3.63) is 26.9 Å². The van der Waals surface area contributed by atoms with E-state index in [0.29, 0.717) is 0 Å². The van der Waals surface area contributed by atoms with Crippen LogP contribution < -0.4 is 0 Å². The van der Waals surface area contributed by atoms with Gasteiger partial charge in [-0.3, -0.25) is 4.79 Å². The Morgan fingerprint density at radius 1 is 1.67 bits per heavy atom. The highest BCUT2D eigenvalue weighted by Gasteiger charge is 2.16. The number of carbonyl (C=O) groups is 1. The van der Waals surface area contributed by atoms with E-state index >= 15 is 0 Å². The van der Waals surface area contributed by atoms with E-state index in [2.05, 4.69) is 20.9 Å². The predicted octanol–water partition coefficient (Wildman–Crippen LogP) is 3.06. The molecule has 3 nitrogen and oxygen atoms in total. The molecule has 1 heterocycles. The van der Waals surface area contributed by atoms with Crippen molar-refractivity contribution in [3.8, 4) is 0 Å². The highest BCUT2D eigenvalue weighted by molar-refractivity contribution is 9.10. The van der Waals surface area contributed by atoms with Crippen LogP contribution in [0.3, 0.4) is 0 Å². The quantitative estimate of drug-likeness (QED) is 0.933. The van der Waals surface area contributed by atoms with Gasteiger partial charge in [-0.25, -0.2) is 13.8 Å². The lowest BCUT2D eigenvalue weighted by atomic mass is 10.2. The van der Waals surface area contributed by atoms with Crippen molar-refractivity contribution < 1.29 is 18.7 Å². The summed E-state index contributed by atoms with van der Waals surface area (Å²) < 4.78 is 24.9. The number of halogens is 4. The molecule has 0 saturated heterocycles. The number of aromatic nitrogens is 1. The Labute approximate surface area is 97.2 Å². The summed E-state index contributed by atoms with van der Waals surface area (Å²) in [5.41, 5.74) is -0.537. The molecule has 1 aromatic rings. The van der Waals surface area contributed by atoms with E-state index in [1.165, 1.54) is 0 Å². The molecule has 0 fully saturated rings. The van der Waals surface area contributed by atoms with E-state index in [-0.39, 0.29) is 15.2 Å². The third-order valence-electron chi connectivity index (χ3n) is 1.54. The number of alkyl halides is 2. The van der Waals surface area contributed by atoms with Crippen LogP contribution in [0.25, 0.3) is 0 Å². The molecule has 0 spiro atoms. The highest BCUT2D eigenvalue weighted by Crippen LogP contribution is 2.29. The monoisotopic (exact) mass is 299 g/mol. The molecule has 7 heteroatoms. The van der Waals surface area contributed by atoms with Crippen molar-refractivity contribution >= 4 is 33.5 Å². The minimum absolute atomic E-state index is 0.00898. The Bertz CT molecular complexity index is 400. The molecule has 0 bridgehead atoms. The first-order valence-corrected chi connectivity index (χ1v) is 4.93. The summed E-state index contributed by atoms with van der Waals surface area (Å²) in [5, 5.41) is 8.54. The molecule has 0 aliphatic heterocycles. The second-order valence-electron chi connectivity index (χ2n) is 2.66. The third-order valence-corrected chi connectivity index (χ3v) is 2.96. The lowest BCUT2D eigenvalue weighted by Crippen LogP contribution is -2.05. The van der Waals surface area contributed by atoms with Gasteiger partial charge in [0, 0.05) is 0 Å². The normalized spacial score (nSPS) is 10.7. The summed E-state index contributed by atoms with van der Waals surface area (Å²) in [7, 11) is 0. The Kier molecular flexibility index (Phi) is 3.98. The van der Waals surface area contributed by atoms with Crippen LogP contribution in [-0.2, 0) is 11.2 Å². The SMILES string of the molecule is O=C(O)Cc1nc(C(F)F)cc(Cl)c1Br. The first-order chi connectivity index (χ1) is 6.91. The van der Waals surface area contributed by atoms with E-state index in [1.807, 2.05) is 0 Å². The van der Waals surface area contributed by atoms with E-state index < -0.39 is 24.5 Å². The minimum atomic E-state index is -2.77. The van der Waals surface area contributed by atoms with Crippen molar-refractivity contribution in [1.29, 1.82) is 0 Å². The second-order valence-corrected chi connectivity index (χ2v) is 3.86. The number of aliphatic carboxylic acids is 1. The zero-order valence-electron chi connectivity index (χ0n) is 7.18. The first kappa shape index (κ1) is 12.3. The maximum absolute atomic E-state index is 12.3. The Hall–Kier alpha value is -0.750. The number of hydrogen-bond donors (Lipinski definition) is 1. The summed E-state index contributed by atoms with van der Waals surface area (Å²) in [5.74, 6) is -1.16. The summed E-state index contributed by atoms with van der Waals surface area (Å²) in [6.45, 7) is 0. The van der Waals surface area contributed by atoms with Crippen LogP contribution >= 0.6 is 27.5 Å². The smallest absolute Gasteiger partial charge is 0.309 e. The van der Waals surface area contributed by atoms with E-state index in [0.717, 1.165) is 6.07 Å². The number of hydrogen-bond acceptors (Lipinski definition) is 2. The number of pyridine rings is 1. The van der Waals surface area contributed by atoms with Crippen molar-refractivity contribution in [3.63, 3.8) is 0 Å². The summed E-state index contributed by atoms with van der Waals surface area (Å²) >= 11 is 8.62. The summed E-state index contributed by atoms with van der Waals surface area (Å²) in [4.78, 5) is 13.9. The third kappa shape index (κ3) is 3.10. The number of nitrogens with zero attached hydrogens (tertiary/aromatic N) is 1. The molecule has 0 aliphatic carbocycles. The number of carboxylic acid groups (broad SMARTS) is 1. The molecule has 0 aromatic carbocycles. The van der Waals surface area contributed by atoms with Crippen LogP contribution in [0, 0.1) is 0 Å². The first-order valence-electron chi connectivity index (χ1n) is 3.76. The molecule has 0 aliphatic rings. The minimum Gasteiger partial charge on any atom is -0.481 e. The molecule has 0 atom stereocenters. The largest absolute Gasteiger partial charge is 0.481 e. The Morgan fingerprint density at radius 3 is 2.73 bits per heavy atom. The zero-order chi connectivity index (χ0) is 11.6. The van der Waals surface area contributed by atoms with E-state index in [4.69, 9.17) is 16.7 Å². The molecule has 1 rings (SSSR count). The molecule has 15 heavy (non-hydrogen) atoms. The van der Waals surface area contributed by atoms with Crippen LogP contribution in [0.4, 0.5) is 8.78 Å². The Balaban J connectivity index is 3.18. The van der Waals surface area contributed by atoms with Gasteiger partial charge in [-0.1, -0.05) is 11.6 Å². The predicted molar refractivity (Wildman–Crippen MR) is 53.2 cm³/mol. The van der Waals surface area contributed by atoms with Gasteiger partial charge in [-0.2, -0.15) is 0 Å². The molecule has 0 amide bonds. The van der Waals surface area contributed by atoms with Gasteiger partial charge in [0.1, 0.15) is 5.69 Å². The maximum Gasteiger partial charge on any atom is 0.309 e. The van der Waals surface area contributed by atoms with Gasteiger partial charge in [-0.15, -0.1) is 0 Å². The van der Waals surface area contributed by atoms with Gasteiger partial charge in [0.15, 0.2) is 0 Å². The standard InChI is InChI=1S/C8H5BrClF2NO2/c9-7-3(10)1-5(8(11)12)13-4(7)2-6(14)15/h1,8H,2H2,(H,14,15). The van der Waals surface area contributed by atoms with Gasteiger partial charge in [0.2, 0.25) is 0 Å². The van der Waals surface area contributed by atoms with Crippen molar-refractivity contribution in [2.45, 2.75) is 12.8 Å². The van der Waals surface area contributed by atoms with Crippen molar-refractivity contribution in [2.24, 2.45) is 0 Å². The zero-order valence-corrected chi connectivity index (χ0v) is 9.52. The van der Waals surface area contributed by atoms with Crippen LogP contribution in [0.5, 0.6) is 0 Å². The fourth-order valence-corrected chi connectivity index (χ4v) is 1.50. The summed E-state index contributed by atoms with van der Waals surface area (Å²) in [6.07, 6.45) is -3.23. The lowest BCUT2D eigenvalue weighted by molar-refractivity contribution is -0.136. The molecular formula is C8H5BrClF2NO2. The van der Waals surface area contributed by atoms with Gasteiger partial charge >= 0.3 is 5.97 Å². The molecule has 1 N–H and O–H groups in total. The van der Waals surface area contributed by atoms with Crippen LogP contribution in [-0.4, -0.2) is 16.1 Å².